The second kappa shape index (κ2) is 10.1. The minimum absolute atomic E-state index is 0.106. The van der Waals surface area contributed by atoms with Gasteiger partial charge in [-0.05, 0) is 36.6 Å². The van der Waals surface area contributed by atoms with Crippen LogP contribution in [-0.4, -0.2) is 25.1 Å². The highest BCUT2D eigenvalue weighted by Crippen LogP contribution is 2.18. The summed E-state index contributed by atoms with van der Waals surface area (Å²) in [6.45, 7) is 7.15. The predicted molar refractivity (Wildman–Crippen MR) is 122 cm³/mol. The van der Waals surface area contributed by atoms with Crippen LogP contribution >= 0.6 is 15.9 Å². The summed E-state index contributed by atoms with van der Waals surface area (Å²) in [5, 5.41) is 0. The predicted octanol–water partition coefficient (Wildman–Crippen LogP) is 3.64. The third kappa shape index (κ3) is 5.52. The van der Waals surface area contributed by atoms with Gasteiger partial charge in [0.1, 0.15) is 11.6 Å². The number of rotatable bonds is 9. The second-order valence-electron chi connectivity index (χ2n) is 7.90. The number of hydrogen-bond donors (Lipinski definition) is 1. The number of H-pyrrole nitrogens is 1. The summed E-state index contributed by atoms with van der Waals surface area (Å²) in [5.74, 6) is 0.926. The van der Waals surface area contributed by atoms with Crippen LogP contribution in [0.3, 0.4) is 0 Å². The maximum Gasteiger partial charge on any atom is 0.330 e. The van der Waals surface area contributed by atoms with E-state index in [4.69, 9.17) is 4.74 Å². The molecular weight excluding hydrogens is 464 g/mol. The topological polar surface area (TPSA) is 99.0 Å². The molecule has 2 aromatic heterocycles. The molecule has 2 heterocycles. The van der Waals surface area contributed by atoms with E-state index >= 15 is 0 Å². The molecule has 0 saturated carbocycles. The van der Waals surface area contributed by atoms with E-state index in [1.807, 2.05) is 25.3 Å². The molecule has 1 aromatic carbocycles. The number of nitrogens with one attached hydrogen (secondary N) is 1. The molecule has 3 aromatic rings. The number of benzene rings is 1. The summed E-state index contributed by atoms with van der Waals surface area (Å²) in [6, 6.07) is 7.02. The Labute approximate surface area is 188 Å². The standard InChI is InChI=1S/C22H27BrN4O4/c1-4-5-12-26-20-19(21(29)25-22(26)30)27(13-14(2)3)17(24-20)10-11-18(28)31-16-8-6-15(23)7-9-16/h6-9,14H,4-5,10-13H2,1-3H3,(H,25,29,30). The lowest BCUT2D eigenvalue weighted by molar-refractivity contribution is -0.134. The molecule has 0 saturated heterocycles. The maximum absolute atomic E-state index is 12.6. The van der Waals surface area contributed by atoms with Crippen LogP contribution < -0.4 is 16.0 Å². The normalized spacial score (nSPS) is 11.4. The Morgan fingerprint density at radius 2 is 1.90 bits per heavy atom. The number of aromatic amines is 1. The zero-order chi connectivity index (χ0) is 22.5. The highest BCUT2D eigenvalue weighted by molar-refractivity contribution is 9.10. The summed E-state index contributed by atoms with van der Waals surface area (Å²) in [5.41, 5.74) is -0.161. The monoisotopic (exact) mass is 490 g/mol. The van der Waals surface area contributed by atoms with Crippen molar-refractivity contribution in [3.05, 3.63) is 55.4 Å². The third-order valence-electron chi connectivity index (χ3n) is 4.85. The fourth-order valence-corrected chi connectivity index (χ4v) is 3.66. The van der Waals surface area contributed by atoms with Crippen molar-refractivity contribution in [2.75, 3.05) is 0 Å². The van der Waals surface area contributed by atoms with Crippen LogP contribution in [0.25, 0.3) is 11.2 Å². The number of hydrogen-bond acceptors (Lipinski definition) is 5. The molecule has 166 valence electrons. The molecule has 0 amide bonds. The SMILES string of the molecule is CCCCn1c(=O)[nH]c(=O)c2c1nc(CCC(=O)Oc1ccc(Br)cc1)n2CC(C)C. The molecule has 0 aliphatic carbocycles. The van der Waals surface area contributed by atoms with Crippen molar-refractivity contribution < 1.29 is 9.53 Å². The molecule has 0 aliphatic rings. The molecule has 0 atom stereocenters. The average molecular weight is 491 g/mol. The molecule has 0 spiro atoms. The lowest BCUT2D eigenvalue weighted by Gasteiger charge is -2.11. The van der Waals surface area contributed by atoms with Crippen LogP contribution in [0.1, 0.15) is 45.9 Å². The second-order valence-corrected chi connectivity index (χ2v) is 8.81. The first-order chi connectivity index (χ1) is 14.8. The van der Waals surface area contributed by atoms with Crippen LogP contribution in [0.2, 0.25) is 0 Å². The van der Waals surface area contributed by atoms with Gasteiger partial charge in [-0.25, -0.2) is 9.78 Å². The number of aromatic nitrogens is 4. The number of esters is 1. The number of fused-ring (bicyclic) bond motifs is 1. The maximum atomic E-state index is 12.6. The van der Waals surface area contributed by atoms with E-state index in [9.17, 15) is 14.4 Å². The van der Waals surface area contributed by atoms with Gasteiger partial charge < -0.3 is 9.30 Å². The Morgan fingerprint density at radius 1 is 1.19 bits per heavy atom. The number of carbonyl (C=O) groups is 1. The van der Waals surface area contributed by atoms with Crippen LogP contribution in [-0.2, 0) is 24.3 Å². The molecular formula is C22H27BrN4O4. The van der Waals surface area contributed by atoms with Crippen LogP contribution in [0, 0.1) is 5.92 Å². The van der Waals surface area contributed by atoms with Gasteiger partial charge in [0.2, 0.25) is 0 Å². The van der Waals surface area contributed by atoms with E-state index in [2.05, 4.69) is 25.9 Å². The summed E-state index contributed by atoms with van der Waals surface area (Å²) in [6.07, 6.45) is 2.12. The van der Waals surface area contributed by atoms with E-state index in [-0.39, 0.29) is 18.3 Å². The number of carbonyl (C=O) groups excluding carboxylic acids is 1. The zero-order valence-corrected chi connectivity index (χ0v) is 19.6. The van der Waals surface area contributed by atoms with Crippen LogP contribution in [0.5, 0.6) is 5.75 Å². The lowest BCUT2D eigenvalue weighted by atomic mass is 10.2. The van der Waals surface area contributed by atoms with E-state index < -0.39 is 11.2 Å². The smallest absolute Gasteiger partial charge is 0.330 e. The van der Waals surface area contributed by atoms with E-state index in [1.165, 1.54) is 4.57 Å². The summed E-state index contributed by atoms with van der Waals surface area (Å²) in [7, 11) is 0. The van der Waals surface area contributed by atoms with Crippen molar-refractivity contribution in [1.82, 2.24) is 19.1 Å². The molecule has 9 heteroatoms. The zero-order valence-electron chi connectivity index (χ0n) is 18.0. The first-order valence-electron chi connectivity index (χ1n) is 10.5. The molecule has 0 radical (unpaired) electrons. The summed E-state index contributed by atoms with van der Waals surface area (Å²) < 4.78 is 9.62. The van der Waals surface area contributed by atoms with Crippen LogP contribution in [0.15, 0.2) is 38.3 Å². The number of ether oxygens (including phenoxy) is 1. The Kier molecular flexibility index (Phi) is 7.48. The minimum atomic E-state index is -0.457. The fourth-order valence-electron chi connectivity index (χ4n) is 3.39. The van der Waals surface area contributed by atoms with Gasteiger partial charge in [0.25, 0.3) is 5.56 Å². The molecule has 3 rings (SSSR count). The van der Waals surface area contributed by atoms with Crippen LogP contribution in [0.4, 0.5) is 0 Å². The van der Waals surface area contributed by atoms with E-state index in [0.717, 1.165) is 17.3 Å². The van der Waals surface area contributed by atoms with Gasteiger partial charge in [-0.3, -0.25) is 19.1 Å². The van der Waals surface area contributed by atoms with Gasteiger partial charge in [-0.1, -0.05) is 43.1 Å². The Hall–Kier alpha value is -2.68. The van der Waals surface area contributed by atoms with Crippen molar-refractivity contribution in [1.29, 1.82) is 0 Å². The number of unbranched alkanes of at least 4 members (excludes halogenated alkanes) is 1. The highest BCUT2D eigenvalue weighted by Gasteiger charge is 2.20. The Bertz CT molecular complexity index is 1180. The van der Waals surface area contributed by atoms with Gasteiger partial charge >= 0.3 is 11.7 Å². The van der Waals surface area contributed by atoms with E-state index in [1.54, 1.807) is 24.3 Å². The first kappa shape index (κ1) is 23.0. The number of halogens is 1. The number of aryl methyl sites for hydroxylation is 2. The Morgan fingerprint density at radius 3 is 2.55 bits per heavy atom. The number of imidazole rings is 1. The lowest BCUT2D eigenvalue weighted by Crippen LogP contribution is -2.31. The fraction of sp³-hybridized carbons (Fsp3) is 0.455. The molecule has 31 heavy (non-hydrogen) atoms. The summed E-state index contributed by atoms with van der Waals surface area (Å²) >= 11 is 3.35. The van der Waals surface area contributed by atoms with Crippen molar-refractivity contribution in [2.24, 2.45) is 5.92 Å². The van der Waals surface area contributed by atoms with Crippen molar-refractivity contribution >= 4 is 33.1 Å². The van der Waals surface area contributed by atoms with Gasteiger partial charge in [-0.2, -0.15) is 0 Å². The minimum Gasteiger partial charge on any atom is -0.427 e. The third-order valence-corrected chi connectivity index (χ3v) is 5.37. The Balaban J connectivity index is 1.91. The molecule has 8 nitrogen and oxygen atoms in total. The largest absolute Gasteiger partial charge is 0.427 e. The highest BCUT2D eigenvalue weighted by atomic mass is 79.9. The average Bonchev–Trinajstić information content (AvgIpc) is 3.06. The molecule has 1 N–H and O–H groups in total. The van der Waals surface area contributed by atoms with Gasteiger partial charge in [-0.15, -0.1) is 0 Å². The van der Waals surface area contributed by atoms with Crippen molar-refractivity contribution in [3.63, 3.8) is 0 Å². The first-order valence-corrected chi connectivity index (χ1v) is 11.3. The van der Waals surface area contributed by atoms with Crippen molar-refractivity contribution in [3.8, 4) is 5.75 Å². The van der Waals surface area contributed by atoms with Gasteiger partial charge in [0.15, 0.2) is 11.2 Å². The molecule has 0 fully saturated rings. The molecule has 0 bridgehead atoms. The van der Waals surface area contributed by atoms with Gasteiger partial charge in [0, 0.05) is 24.0 Å². The number of nitrogens with zero attached hydrogens (tertiary/aromatic N) is 3. The molecule has 0 aliphatic heterocycles. The van der Waals surface area contributed by atoms with Crippen molar-refractivity contribution in [2.45, 2.75) is 59.5 Å². The summed E-state index contributed by atoms with van der Waals surface area (Å²) in [4.78, 5) is 44.4. The quantitative estimate of drug-likeness (QED) is 0.364. The van der Waals surface area contributed by atoms with Gasteiger partial charge in [0.05, 0.1) is 6.42 Å². The van der Waals surface area contributed by atoms with E-state index in [0.29, 0.717) is 42.2 Å². The molecule has 0 unspecified atom stereocenters.